The van der Waals surface area contributed by atoms with E-state index in [0.717, 1.165) is 6.42 Å². The van der Waals surface area contributed by atoms with Gasteiger partial charge in [-0.05, 0) is 116 Å². The summed E-state index contributed by atoms with van der Waals surface area (Å²) in [4.78, 5) is 0. The second-order valence-corrected chi connectivity index (χ2v) is 13.3. The average Bonchev–Trinajstić information content (AvgIpc) is 3.32. The van der Waals surface area contributed by atoms with Gasteiger partial charge in [-0.3, -0.25) is 0 Å². The van der Waals surface area contributed by atoms with Crippen molar-refractivity contribution in [2.45, 2.75) is 71.1 Å². The van der Waals surface area contributed by atoms with Crippen LogP contribution in [0.3, 0.4) is 0 Å². The molecule has 8 rings (SSSR count). The van der Waals surface area contributed by atoms with Crippen molar-refractivity contribution in [2.24, 2.45) is 11.8 Å². The second kappa shape index (κ2) is 10.1. The van der Waals surface area contributed by atoms with Crippen LogP contribution in [0.4, 0.5) is 0 Å². The molecule has 0 radical (unpaired) electrons. The maximum Gasteiger partial charge on any atom is 0.0443 e. The maximum absolute atomic E-state index is 2.76. The molecule has 214 valence electrons. The predicted octanol–water partition coefficient (Wildman–Crippen LogP) is 11.9. The van der Waals surface area contributed by atoms with Crippen LogP contribution in [0.1, 0.15) is 93.5 Å². The first-order valence-electron chi connectivity index (χ1n) is 16.7. The van der Waals surface area contributed by atoms with E-state index >= 15 is 0 Å². The van der Waals surface area contributed by atoms with E-state index in [1.54, 1.807) is 16.7 Å². The Balaban J connectivity index is 1.55. The number of hydrogen-bond donors (Lipinski definition) is 0. The Kier molecular flexibility index (Phi) is 6.27. The monoisotopic (exact) mass is 558 g/mol. The fraction of sp³-hybridized carbons (Fsp3) is 0.302. The van der Waals surface area contributed by atoms with Gasteiger partial charge >= 0.3 is 0 Å². The Labute approximate surface area is 257 Å². The number of fused-ring (bicyclic) bond motifs is 4. The summed E-state index contributed by atoms with van der Waals surface area (Å²) in [5.41, 5.74) is 13.6. The van der Waals surface area contributed by atoms with Crippen LogP contribution in [0.15, 0.2) is 114 Å². The molecule has 0 N–H and O–H groups in total. The van der Waals surface area contributed by atoms with Crippen LogP contribution in [-0.4, -0.2) is 0 Å². The molecule has 0 saturated heterocycles. The number of benzene rings is 5. The Morgan fingerprint density at radius 1 is 0.674 bits per heavy atom. The molecule has 5 aromatic rings. The Morgan fingerprint density at radius 3 is 2.16 bits per heavy atom. The molecular weight excluding hydrogens is 516 g/mol. The zero-order valence-corrected chi connectivity index (χ0v) is 26.1. The zero-order chi connectivity index (χ0) is 29.3. The van der Waals surface area contributed by atoms with Crippen molar-refractivity contribution in [3.05, 3.63) is 142 Å². The summed E-state index contributed by atoms with van der Waals surface area (Å²) in [5, 5.41) is 5.65. The third-order valence-corrected chi connectivity index (χ3v) is 11.3. The van der Waals surface area contributed by atoms with Gasteiger partial charge in [0.25, 0.3) is 0 Å². The lowest BCUT2D eigenvalue weighted by molar-refractivity contribution is 0.491. The van der Waals surface area contributed by atoms with Gasteiger partial charge in [0.1, 0.15) is 0 Å². The van der Waals surface area contributed by atoms with Gasteiger partial charge in [0.2, 0.25) is 0 Å². The molecule has 0 fully saturated rings. The van der Waals surface area contributed by atoms with Gasteiger partial charge in [0, 0.05) is 11.3 Å². The molecular formula is C43H42. The van der Waals surface area contributed by atoms with Crippen molar-refractivity contribution < 1.29 is 0 Å². The van der Waals surface area contributed by atoms with Crippen LogP contribution in [0.25, 0.3) is 32.7 Å². The van der Waals surface area contributed by atoms with Crippen molar-refractivity contribution >= 4 is 21.5 Å². The molecule has 2 atom stereocenters. The van der Waals surface area contributed by atoms with Gasteiger partial charge < -0.3 is 0 Å². The van der Waals surface area contributed by atoms with E-state index in [4.69, 9.17) is 0 Å². The van der Waals surface area contributed by atoms with Gasteiger partial charge in [0.05, 0.1) is 0 Å². The van der Waals surface area contributed by atoms with Crippen LogP contribution in [0.2, 0.25) is 0 Å². The van der Waals surface area contributed by atoms with E-state index in [1.165, 1.54) is 80.6 Å². The summed E-state index contributed by atoms with van der Waals surface area (Å²) in [6.07, 6.45) is 11.3. The average molecular weight is 559 g/mol. The predicted molar refractivity (Wildman–Crippen MR) is 184 cm³/mol. The molecule has 43 heavy (non-hydrogen) atoms. The highest BCUT2D eigenvalue weighted by molar-refractivity contribution is 6.12. The Morgan fingerprint density at radius 2 is 1.40 bits per heavy atom. The number of hydrogen-bond acceptors (Lipinski definition) is 0. The third-order valence-electron chi connectivity index (χ3n) is 11.3. The summed E-state index contributed by atoms with van der Waals surface area (Å²) in [5.74, 6) is 1.43. The molecule has 2 unspecified atom stereocenters. The first kappa shape index (κ1) is 26.7. The Hall–Kier alpha value is -3.90. The first-order chi connectivity index (χ1) is 21.1. The molecule has 0 aromatic heterocycles. The molecule has 5 aromatic carbocycles. The second-order valence-electron chi connectivity index (χ2n) is 13.3. The van der Waals surface area contributed by atoms with Gasteiger partial charge in [0.15, 0.2) is 0 Å². The smallest absolute Gasteiger partial charge is 0.0443 e. The summed E-state index contributed by atoms with van der Waals surface area (Å²) < 4.78 is 0. The fourth-order valence-electron chi connectivity index (χ4n) is 9.28. The summed E-state index contributed by atoms with van der Waals surface area (Å²) in [6, 6.07) is 35.0. The molecule has 3 aliphatic rings. The Bertz CT molecular complexity index is 1940. The molecule has 0 aliphatic heterocycles. The molecule has 0 bridgehead atoms. The molecule has 1 spiro atoms. The molecule has 0 nitrogen and oxygen atoms in total. The fourth-order valence-corrected chi connectivity index (χ4v) is 9.28. The van der Waals surface area contributed by atoms with Crippen molar-refractivity contribution in [1.82, 2.24) is 0 Å². The maximum atomic E-state index is 2.76. The van der Waals surface area contributed by atoms with E-state index in [-0.39, 0.29) is 11.3 Å². The van der Waals surface area contributed by atoms with Crippen LogP contribution in [-0.2, 0) is 5.41 Å². The lowest BCUT2D eigenvalue weighted by Crippen LogP contribution is -2.29. The van der Waals surface area contributed by atoms with E-state index in [9.17, 15) is 0 Å². The van der Waals surface area contributed by atoms with Crippen molar-refractivity contribution in [1.29, 1.82) is 0 Å². The first-order valence-corrected chi connectivity index (χ1v) is 16.7. The van der Waals surface area contributed by atoms with Crippen molar-refractivity contribution in [3.8, 4) is 11.1 Å². The highest BCUT2D eigenvalue weighted by Crippen LogP contribution is 2.64. The molecule has 0 saturated carbocycles. The quantitative estimate of drug-likeness (QED) is 0.183. The minimum atomic E-state index is -0.155. The van der Waals surface area contributed by atoms with Gasteiger partial charge in [-0.2, -0.15) is 0 Å². The third kappa shape index (κ3) is 3.68. The van der Waals surface area contributed by atoms with E-state index in [0.29, 0.717) is 11.8 Å². The van der Waals surface area contributed by atoms with Gasteiger partial charge in [-0.25, -0.2) is 0 Å². The molecule has 3 aliphatic carbocycles. The van der Waals surface area contributed by atoms with Crippen LogP contribution in [0.5, 0.6) is 0 Å². The zero-order valence-electron chi connectivity index (χ0n) is 26.1. The van der Waals surface area contributed by atoms with Crippen LogP contribution in [0, 0.1) is 11.8 Å². The molecule has 0 heterocycles. The van der Waals surface area contributed by atoms with Crippen molar-refractivity contribution in [2.75, 3.05) is 0 Å². The van der Waals surface area contributed by atoms with E-state index in [1.807, 2.05) is 0 Å². The largest absolute Gasteiger partial charge is 0.0657 e. The topological polar surface area (TPSA) is 0 Å². The minimum absolute atomic E-state index is 0.155. The lowest BCUT2D eigenvalue weighted by atomic mass is 9.64. The van der Waals surface area contributed by atoms with Gasteiger partial charge in [-0.1, -0.05) is 130 Å². The van der Waals surface area contributed by atoms with E-state index in [2.05, 4.69) is 131 Å². The number of rotatable bonds is 7. The van der Waals surface area contributed by atoms with Crippen LogP contribution >= 0.6 is 0 Å². The summed E-state index contributed by atoms with van der Waals surface area (Å²) >= 11 is 0. The highest BCUT2D eigenvalue weighted by atomic mass is 14.5. The number of allylic oxidation sites excluding steroid dienone is 4. The van der Waals surface area contributed by atoms with Crippen LogP contribution < -0.4 is 0 Å². The molecule has 0 heteroatoms. The standard InChI is InChI=1S/C43H42/c1-5-27(6-2)32-23-33(28(7-3)8-4)26-43(25-32)37-22-21-30-18-14-20-35-38(29-15-10-9-11-16-29)36-24-31-17-12-13-19-34(31)42(43)40(36)41(37)39(30)35/h9-25,27-28,38H,5-8,26H2,1-4H3. The van der Waals surface area contributed by atoms with Crippen molar-refractivity contribution in [3.63, 3.8) is 0 Å². The highest BCUT2D eigenvalue weighted by Gasteiger charge is 2.49. The minimum Gasteiger partial charge on any atom is -0.0657 e. The summed E-state index contributed by atoms with van der Waals surface area (Å²) in [7, 11) is 0. The SMILES string of the molecule is CCC(CC)C1=CC2(CC(C(CC)CC)=C1)c1ccc3cccc4c3c1-c1c(cc3ccccc3c12)C4c1ccccc1. The summed E-state index contributed by atoms with van der Waals surface area (Å²) in [6.45, 7) is 9.53. The van der Waals surface area contributed by atoms with Gasteiger partial charge in [-0.15, -0.1) is 0 Å². The van der Waals surface area contributed by atoms with E-state index < -0.39 is 0 Å². The normalized spacial score (nSPS) is 20.0. The molecule has 0 amide bonds. The lowest BCUT2D eigenvalue weighted by Gasteiger charge is -2.38.